The van der Waals surface area contributed by atoms with Crippen LogP contribution in [0.15, 0.2) is 47.4 Å². The van der Waals surface area contributed by atoms with Crippen molar-refractivity contribution in [2.75, 3.05) is 29.1 Å². The van der Waals surface area contributed by atoms with Gasteiger partial charge in [0.05, 0.1) is 17.5 Å². The zero-order valence-corrected chi connectivity index (χ0v) is 20.3. The summed E-state index contributed by atoms with van der Waals surface area (Å²) < 4.78 is 33.0. The molecule has 1 heterocycles. The number of ether oxygens (including phenoxy) is 1. The van der Waals surface area contributed by atoms with E-state index < -0.39 is 21.7 Å². The topological polar surface area (TPSA) is 96.0 Å². The molecule has 0 spiro atoms. The third kappa shape index (κ3) is 5.55. The summed E-state index contributed by atoms with van der Waals surface area (Å²) in [7, 11) is -2.08. The molecule has 2 amide bonds. The maximum Gasteiger partial charge on any atom is 0.418 e. The van der Waals surface area contributed by atoms with Gasteiger partial charge in [0.2, 0.25) is 10.0 Å². The minimum atomic E-state index is -3.51. The number of amides is 2. The number of anilines is 2. The van der Waals surface area contributed by atoms with Crippen molar-refractivity contribution >= 4 is 45.3 Å². The van der Waals surface area contributed by atoms with Gasteiger partial charge in [0.1, 0.15) is 5.60 Å². The second-order valence-electron chi connectivity index (χ2n) is 8.45. The quantitative estimate of drug-likeness (QED) is 0.658. The zero-order chi connectivity index (χ0) is 23.7. The lowest BCUT2D eigenvalue weighted by molar-refractivity contribution is 0.0574. The molecule has 2 aromatic rings. The van der Waals surface area contributed by atoms with Crippen LogP contribution in [0.2, 0.25) is 0 Å². The van der Waals surface area contributed by atoms with E-state index in [-0.39, 0.29) is 5.91 Å². The molecule has 1 aliphatic rings. The molecule has 0 atom stereocenters. The molecule has 0 fully saturated rings. The summed E-state index contributed by atoms with van der Waals surface area (Å²) in [5.74, 6) is -0.262. The number of para-hydroxylation sites is 1. The second kappa shape index (κ2) is 9.03. The second-order valence-corrected chi connectivity index (χ2v) is 11.3. The van der Waals surface area contributed by atoms with E-state index in [0.717, 1.165) is 38.7 Å². The maximum atomic E-state index is 13.3. The molecule has 0 unspecified atom stereocenters. The highest BCUT2D eigenvalue weighted by atomic mass is 32.2. The van der Waals surface area contributed by atoms with Crippen LogP contribution in [0.5, 0.6) is 0 Å². The molecule has 1 N–H and O–H groups in total. The lowest BCUT2D eigenvalue weighted by atomic mass is 10.1. The first-order chi connectivity index (χ1) is 14.9. The lowest BCUT2D eigenvalue weighted by Crippen LogP contribution is -2.32. The molecule has 1 aliphatic heterocycles. The van der Waals surface area contributed by atoms with Crippen LogP contribution >= 0.6 is 11.9 Å². The maximum absolute atomic E-state index is 13.3. The van der Waals surface area contributed by atoms with Gasteiger partial charge in [-0.15, -0.1) is 0 Å². The molecular weight excluding hydrogens is 450 g/mol. The summed E-state index contributed by atoms with van der Waals surface area (Å²) in [4.78, 5) is 27.7. The average molecular weight is 478 g/mol. The Balaban J connectivity index is 1.78. The van der Waals surface area contributed by atoms with Crippen LogP contribution < -0.4 is 13.9 Å². The lowest BCUT2D eigenvalue weighted by Gasteiger charge is -2.23. The van der Waals surface area contributed by atoms with E-state index in [9.17, 15) is 18.0 Å². The molecule has 32 heavy (non-hydrogen) atoms. The average Bonchev–Trinajstić information content (AvgIpc) is 3.12. The number of hydrogen-bond acceptors (Lipinski definition) is 6. The summed E-state index contributed by atoms with van der Waals surface area (Å²) in [5, 5.41) is 0. The third-order valence-electron chi connectivity index (χ3n) is 4.81. The van der Waals surface area contributed by atoms with Crippen LogP contribution in [0.1, 0.15) is 36.7 Å². The number of carbonyl (C=O) groups excluding carboxylic acids is 2. The first kappa shape index (κ1) is 23.9. The Morgan fingerprint density at radius 2 is 1.84 bits per heavy atom. The first-order valence-corrected chi connectivity index (χ1v) is 12.7. The summed E-state index contributed by atoms with van der Waals surface area (Å²) in [6, 6.07) is 12.3. The van der Waals surface area contributed by atoms with E-state index in [1.54, 1.807) is 49.9 Å². The number of nitrogens with zero attached hydrogens (tertiary/aromatic N) is 2. The fourth-order valence-corrected chi connectivity index (χ4v) is 4.40. The molecule has 0 aromatic heterocycles. The first-order valence-electron chi connectivity index (χ1n) is 10.0. The highest BCUT2D eigenvalue weighted by Crippen LogP contribution is 2.34. The van der Waals surface area contributed by atoms with Gasteiger partial charge in [-0.05, 0) is 75.0 Å². The standard InChI is InChI=1S/C22H27N3O5S2/c1-22(2,3)30-21(27)23-31-16-10-11-18-15(14-16)12-13-25(18)20(26)17-8-6-7-9-19(17)24(4)32(5,28)29/h6-11,14H,12-13H2,1-5H3,(H,23,27). The fourth-order valence-electron chi connectivity index (χ4n) is 3.31. The Bertz CT molecular complexity index is 1140. The zero-order valence-electron chi connectivity index (χ0n) is 18.7. The number of benzene rings is 2. The summed E-state index contributed by atoms with van der Waals surface area (Å²) in [6.07, 6.45) is 1.24. The predicted molar refractivity (Wildman–Crippen MR) is 127 cm³/mol. The van der Waals surface area contributed by atoms with Crippen molar-refractivity contribution in [2.24, 2.45) is 0 Å². The summed E-state index contributed by atoms with van der Waals surface area (Å²) in [6.45, 7) is 5.87. The Morgan fingerprint density at radius 1 is 1.16 bits per heavy atom. The number of rotatable bonds is 5. The highest BCUT2D eigenvalue weighted by molar-refractivity contribution is 7.98. The number of nitrogens with one attached hydrogen (secondary N) is 1. The van der Waals surface area contributed by atoms with Crippen LogP contribution in [0.3, 0.4) is 0 Å². The Morgan fingerprint density at radius 3 is 2.50 bits per heavy atom. The van der Waals surface area contributed by atoms with Crippen LogP contribution in [-0.2, 0) is 21.2 Å². The van der Waals surface area contributed by atoms with Gasteiger partial charge in [-0.1, -0.05) is 12.1 Å². The molecule has 8 nitrogen and oxygen atoms in total. The van der Waals surface area contributed by atoms with Crippen molar-refractivity contribution in [1.82, 2.24) is 4.72 Å². The van der Waals surface area contributed by atoms with Gasteiger partial charge in [0, 0.05) is 24.2 Å². The molecule has 0 saturated carbocycles. The van der Waals surface area contributed by atoms with Crippen LogP contribution in [0.25, 0.3) is 0 Å². The minimum absolute atomic E-state index is 0.262. The van der Waals surface area contributed by atoms with E-state index in [1.807, 2.05) is 18.2 Å². The molecule has 2 aromatic carbocycles. The monoisotopic (exact) mass is 477 g/mol. The molecule has 10 heteroatoms. The molecule has 172 valence electrons. The van der Waals surface area contributed by atoms with Gasteiger partial charge in [0.15, 0.2) is 0 Å². The van der Waals surface area contributed by atoms with Crippen molar-refractivity contribution in [1.29, 1.82) is 0 Å². The minimum Gasteiger partial charge on any atom is -0.443 e. The highest BCUT2D eigenvalue weighted by Gasteiger charge is 2.29. The fraction of sp³-hybridized carbons (Fsp3) is 0.364. The predicted octanol–water partition coefficient (Wildman–Crippen LogP) is 3.82. The molecule has 0 aliphatic carbocycles. The molecule has 0 radical (unpaired) electrons. The van der Waals surface area contributed by atoms with Gasteiger partial charge in [-0.2, -0.15) is 0 Å². The Hall–Kier alpha value is -2.72. The molecule has 3 rings (SSSR count). The molecule has 0 saturated heterocycles. The smallest absolute Gasteiger partial charge is 0.418 e. The number of sulfonamides is 1. The van der Waals surface area contributed by atoms with Gasteiger partial charge in [-0.3, -0.25) is 13.8 Å². The van der Waals surface area contributed by atoms with Gasteiger partial charge in [-0.25, -0.2) is 13.2 Å². The number of fused-ring (bicyclic) bond motifs is 1. The summed E-state index contributed by atoms with van der Waals surface area (Å²) >= 11 is 1.15. The Labute approximate surface area is 193 Å². The van der Waals surface area contributed by atoms with Crippen molar-refractivity contribution in [2.45, 2.75) is 37.7 Å². The SMILES string of the molecule is CN(c1ccccc1C(=O)N1CCc2cc(SNC(=O)OC(C)(C)C)ccc21)S(C)(=O)=O. The van der Waals surface area contributed by atoms with Crippen molar-refractivity contribution in [3.8, 4) is 0 Å². The van der Waals surface area contributed by atoms with E-state index in [0.29, 0.717) is 24.2 Å². The van der Waals surface area contributed by atoms with E-state index in [2.05, 4.69) is 4.72 Å². The Kier molecular flexibility index (Phi) is 6.75. The number of hydrogen-bond donors (Lipinski definition) is 1. The van der Waals surface area contributed by atoms with E-state index in [1.165, 1.54) is 7.05 Å². The van der Waals surface area contributed by atoms with Gasteiger partial charge < -0.3 is 9.64 Å². The number of carbonyl (C=O) groups is 2. The van der Waals surface area contributed by atoms with Crippen LogP contribution in [0, 0.1) is 0 Å². The third-order valence-corrected chi connectivity index (χ3v) is 6.76. The largest absolute Gasteiger partial charge is 0.443 e. The van der Waals surface area contributed by atoms with Gasteiger partial charge >= 0.3 is 6.09 Å². The molecular formula is C22H27N3O5S2. The normalized spacial score (nSPS) is 13.5. The van der Waals surface area contributed by atoms with Gasteiger partial charge in [0.25, 0.3) is 5.91 Å². The molecule has 0 bridgehead atoms. The van der Waals surface area contributed by atoms with E-state index in [4.69, 9.17) is 4.74 Å². The van der Waals surface area contributed by atoms with E-state index >= 15 is 0 Å². The van der Waals surface area contributed by atoms with Crippen molar-refractivity contribution in [3.63, 3.8) is 0 Å². The summed E-state index contributed by atoms with van der Waals surface area (Å²) in [5.41, 5.74) is 1.82. The van der Waals surface area contributed by atoms with Crippen LogP contribution in [0.4, 0.5) is 16.2 Å². The van der Waals surface area contributed by atoms with Crippen LogP contribution in [-0.4, -0.2) is 45.9 Å². The van der Waals surface area contributed by atoms with Crippen molar-refractivity contribution in [3.05, 3.63) is 53.6 Å². The van der Waals surface area contributed by atoms with Crippen molar-refractivity contribution < 1.29 is 22.7 Å².